The number of rotatable bonds is 5. The summed E-state index contributed by atoms with van der Waals surface area (Å²) in [5.74, 6) is 0.669. The first-order valence-electron chi connectivity index (χ1n) is 9.26. The number of urea groups is 1. The molecule has 0 bridgehead atoms. The number of piperidine rings is 1. The Hall–Kier alpha value is -2.81. The number of aryl methyl sites for hydroxylation is 1. The summed E-state index contributed by atoms with van der Waals surface area (Å²) in [5, 5.41) is 9.53. The monoisotopic (exact) mass is 369 g/mol. The fraction of sp³-hybridized carbons (Fsp3) is 0.500. The van der Waals surface area contributed by atoms with Crippen LogP contribution in [0.4, 0.5) is 4.79 Å². The van der Waals surface area contributed by atoms with Gasteiger partial charge >= 0.3 is 6.03 Å². The number of hydrogen-bond donors (Lipinski definition) is 2. The van der Waals surface area contributed by atoms with Crippen molar-refractivity contribution in [2.24, 2.45) is 5.92 Å². The molecule has 2 aliphatic heterocycles. The van der Waals surface area contributed by atoms with E-state index in [1.807, 2.05) is 17.7 Å². The van der Waals surface area contributed by atoms with Gasteiger partial charge < -0.3 is 5.32 Å². The van der Waals surface area contributed by atoms with Gasteiger partial charge in [0.1, 0.15) is 12.2 Å². The fourth-order valence-electron chi connectivity index (χ4n) is 4.19. The van der Waals surface area contributed by atoms with Crippen LogP contribution in [0.3, 0.4) is 0 Å². The van der Waals surface area contributed by atoms with Crippen molar-refractivity contribution in [3.63, 3.8) is 0 Å². The summed E-state index contributed by atoms with van der Waals surface area (Å²) in [6, 6.07) is 3.21. The molecule has 2 saturated heterocycles. The lowest BCUT2D eigenvalue weighted by Gasteiger charge is -2.40. The average Bonchev–Trinajstić information content (AvgIpc) is 3.26. The van der Waals surface area contributed by atoms with Crippen LogP contribution in [-0.4, -0.2) is 49.7 Å². The summed E-state index contributed by atoms with van der Waals surface area (Å²) in [5.41, 5.74) is -0.307. The summed E-state index contributed by atoms with van der Waals surface area (Å²) in [7, 11) is 0. The zero-order chi connectivity index (χ0) is 18.9. The number of nitrogens with one attached hydrogen (secondary N) is 2. The van der Waals surface area contributed by atoms with E-state index in [1.165, 1.54) is 0 Å². The molecular formula is C18H23N7O2. The molecule has 0 aliphatic carbocycles. The van der Waals surface area contributed by atoms with E-state index in [1.54, 1.807) is 24.8 Å². The van der Waals surface area contributed by atoms with Crippen molar-refractivity contribution in [1.29, 1.82) is 0 Å². The van der Waals surface area contributed by atoms with E-state index < -0.39 is 11.6 Å². The second-order valence-electron chi connectivity index (χ2n) is 7.00. The van der Waals surface area contributed by atoms with Crippen LogP contribution in [0.5, 0.6) is 0 Å². The number of aromatic nitrogens is 4. The van der Waals surface area contributed by atoms with Crippen LogP contribution in [0.15, 0.2) is 30.9 Å². The standard InChI is InChI=1S/C18H23N7O2/c1-2-25-15(20-12-21-25)11-24-8-5-13(6-9-24)18(14-4-3-7-19-10-14)16(26)22-17(27)23-18/h3-4,7,10,12-13H,2,5-6,8-9,11H2,1H3,(H2,22,23,26,27)/t18-/m1/s1. The number of carbonyl (C=O) groups excluding carboxylic acids is 2. The molecule has 4 rings (SSSR count). The zero-order valence-electron chi connectivity index (χ0n) is 15.3. The van der Waals surface area contributed by atoms with Gasteiger partial charge in [-0.2, -0.15) is 5.10 Å². The van der Waals surface area contributed by atoms with Crippen molar-refractivity contribution in [2.45, 2.75) is 38.4 Å². The summed E-state index contributed by atoms with van der Waals surface area (Å²) >= 11 is 0. The molecule has 2 aromatic rings. The Kier molecular flexibility index (Phi) is 4.61. The van der Waals surface area contributed by atoms with Crippen molar-refractivity contribution in [3.8, 4) is 0 Å². The molecule has 0 unspecified atom stereocenters. The Morgan fingerprint density at radius 2 is 2.11 bits per heavy atom. The third kappa shape index (κ3) is 3.08. The third-order valence-electron chi connectivity index (χ3n) is 5.57. The molecule has 3 amide bonds. The molecule has 2 aromatic heterocycles. The fourth-order valence-corrected chi connectivity index (χ4v) is 4.19. The Labute approximate surface area is 157 Å². The highest BCUT2D eigenvalue weighted by atomic mass is 16.2. The van der Waals surface area contributed by atoms with E-state index in [0.29, 0.717) is 0 Å². The molecule has 142 valence electrons. The molecule has 2 N–H and O–H groups in total. The van der Waals surface area contributed by atoms with E-state index in [0.717, 1.165) is 50.4 Å². The number of hydrogen-bond acceptors (Lipinski definition) is 6. The van der Waals surface area contributed by atoms with Crippen LogP contribution in [0.2, 0.25) is 0 Å². The van der Waals surface area contributed by atoms with Crippen LogP contribution in [0, 0.1) is 5.92 Å². The first kappa shape index (κ1) is 17.6. The molecule has 0 spiro atoms. The van der Waals surface area contributed by atoms with Crippen molar-refractivity contribution in [1.82, 2.24) is 35.3 Å². The maximum absolute atomic E-state index is 12.8. The topological polar surface area (TPSA) is 105 Å². The highest BCUT2D eigenvalue weighted by Crippen LogP contribution is 2.38. The number of imide groups is 1. The minimum Gasteiger partial charge on any atom is -0.319 e. The van der Waals surface area contributed by atoms with Gasteiger partial charge in [-0.15, -0.1) is 0 Å². The summed E-state index contributed by atoms with van der Waals surface area (Å²) in [6.07, 6.45) is 6.51. The van der Waals surface area contributed by atoms with Crippen molar-refractivity contribution < 1.29 is 9.59 Å². The molecule has 27 heavy (non-hydrogen) atoms. The summed E-state index contributed by atoms with van der Waals surface area (Å²) < 4.78 is 1.90. The summed E-state index contributed by atoms with van der Waals surface area (Å²) in [6.45, 7) is 5.23. The SMILES string of the molecule is CCn1ncnc1CN1CCC([C@]2(c3cccnc3)NC(=O)NC2=O)CC1. The maximum Gasteiger partial charge on any atom is 0.322 e. The van der Waals surface area contributed by atoms with Crippen molar-refractivity contribution >= 4 is 11.9 Å². The molecule has 9 nitrogen and oxygen atoms in total. The number of carbonyl (C=O) groups is 2. The highest BCUT2D eigenvalue weighted by molar-refractivity contribution is 6.07. The second-order valence-corrected chi connectivity index (χ2v) is 7.00. The zero-order valence-corrected chi connectivity index (χ0v) is 15.3. The van der Waals surface area contributed by atoms with E-state index in [9.17, 15) is 9.59 Å². The summed E-state index contributed by atoms with van der Waals surface area (Å²) in [4.78, 5) is 35.5. The molecule has 0 aromatic carbocycles. The molecule has 1 atom stereocenters. The Morgan fingerprint density at radius 3 is 2.74 bits per heavy atom. The predicted molar refractivity (Wildman–Crippen MR) is 96.3 cm³/mol. The smallest absolute Gasteiger partial charge is 0.319 e. The van der Waals surface area contributed by atoms with Gasteiger partial charge in [0.15, 0.2) is 5.54 Å². The molecule has 0 saturated carbocycles. The van der Waals surface area contributed by atoms with Gasteiger partial charge in [0, 0.05) is 24.5 Å². The molecule has 9 heteroatoms. The van der Waals surface area contributed by atoms with Crippen LogP contribution in [0.25, 0.3) is 0 Å². The van der Waals surface area contributed by atoms with Gasteiger partial charge in [-0.25, -0.2) is 14.5 Å². The van der Waals surface area contributed by atoms with E-state index in [-0.39, 0.29) is 11.8 Å². The number of pyridine rings is 1. The van der Waals surface area contributed by atoms with Crippen LogP contribution >= 0.6 is 0 Å². The molecule has 2 fully saturated rings. The number of nitrogens with zero attached hydrogens (tertiary/aromatic N) is 5. The van der Waals surface area contributed by atoms with Gasteiger partial charge in [0.05, 0.1) is 6.54 Å². The van der Waals surface area contributed by atoms with Gasteiger partial charge in [-0.05, 0) is 44.8 Å². The van der Waals surface area contributed by atoms with Crippen molar-refractivity contribution in [2.75, 3.05) is 13.1 Å². The van der Waals surface area contributed by atoms with E-state index >= 15 is 0 Å². The largest absolute Gasteiger partial charge is 0.322 e. The molecule has 0 radical (unpaired) electrons. The lowest BCUT2D eigenvalue weighted by atomic mass is 9.73. The Bertz CT molecular complexity index is 829. The van der Waals surface area contributed by atoms with Gasteiger partial charge in [-0.3, -0.25) is 20.0 Å². The third-order valence-corrected chi connectivity index (χ3v) is 5.57. The first-order chi connectivity index (χ1) is 13.1. The average molecular weight is 369 g/mol. The normalized spacial score (nSPS) is 24.0. The highest BCUT2D eigenvalue weighted by Gasteiger charge is 2.53. The molecular weight excluding hydrogens is 346 g/mol. The van der Waals surface area contributed by atoms with Gasteiger partial charge in [0.25, 0.3) is 5.91 Å². The maximum atomic E-state index is 12.8. The lowest BCUT2D eigenvalue weighted by Crippen LogP contribution is -2.53. The Morgan fingerprint density at radius 1 is 1.30 bits per heavy atom. The van der Waals surface area contributed by atoms with Crippen LogP contribution in [-0.2, 0) is 23.4 Å². The van der Waals surface area contributed by atoms with Crippen LogP contribution < -0.4 is 10.6 Å². The van der Waals surface area contributed by atoms with Gasteiger partial charge in [-0.1, -0.05) is 6.07 Å². The predicted octanol–water partition coefficient (Wildman–Crippen LogP) is 0.640. The molecule has 2 aliphatic rings. The number of amides is 3. The minimum absolute atomic E-state index is 0.00782. The van der Waals surface area contributed by atoms with Crippen LogP contribution in [0.1, 0.15) is 31.2 Å². The minimum atomic E-state index is -1.04. The number of likely N-dealkylation sites (tertiary alicyclic amines) is 1. The van der Waals surface area contributed by atoms with E-state index in [2.05, 4.69) is 30.6 Å². The van der Waals surface area contributed by atoms with E-state index in [4.69, 9.17) is 0 Å². The lowest BCUT2D eigenvalue weighted by molar-refractivity contribution is -0.127. The van der Waals surface area contributed by atoms with Gasteiger partial charge in [0.2, 0.25) is 0 Å². The Balaban J connectivity index is 1.51. The van der Waals surface area contributed by atoms with Crippen molar-refractivity contribution in [3.05, 3.63) is 42.2 Å². The quantitative estimate of drug-likeness (QED) is 0.750. The second kappa shape index (κ2) is 7.07. The molecule has 4 heterocycles. The first-order valence-corrected chi connectivity index (χ1v) is 9.26.